The van der Waals surface area contributed by atoms with Gasteiger partial charge in [0.15, 0.2) is 0 Å². The fraction of sp³-hybridized carbons (Fsp3) is 0.312. The van der Waals surface area contributed by atoms with Gasteiger partial charge in [-0.1, -0.05) is 42.8 Å². The van der Waals surface area contributed by atoms with Crippen molar-refractivity contribution in [3.8, 4) is 0 Å². The van der Waals surface area contributed by atoms with E-state index >= 15 is 0 Å². The zero-order valence-corrected chi connectivity index (χ0v) is 24.4. The minimum absolute atomic E-state index is 0.127. The second kappa shape index (κ2) is 12.0. The van der Waals surface area contributed by atoms with E-state index in [2.05, 4.69) is 9.71 Å². The Morgan fingerprint density at radius 2 is 1.93 bits per heavy atom. The summed E-state index contributed by atoms with van der Waals surface area (Å²) in [5.41, 5.74) is 4.35. The Hall–Kier alpha value is -3.82. The van der Waals surface area contributed by atoms with Gasteiger partial charge in [-0.05, 0) is 85.2 Å². The van der Waals surface area contributed by atoms with Gasteiger partial charge in [0.05, 0.1) is 11.4 Å². The Morgan fingerprint density at radius 3 is 2.63 bits per heavy atom. The number of anilines is 1. The number of benzene rings is 3. The number of sulfonamides is 1. The molecule has 7 nitrogen and oxygen atoms in total. The molecule has 0 saturated carbocycles. The first-order valence-corrected chi connectivity index (χ1v) is 15.3. The lowest BCUT2D eigenvalue weighted by Gasteiger charge is -2.30. The molecule has 1 N–H and O–H groups in total. The van der Waals surface area contributed by atoms with E-state index in [1.165, 1.54) is 12.1 Å². The summed E-state index contributed by atoms with van der Waals surface area (Å²) < 4.78 is 45.2. The molecule has 0 spiro atoms. The van der Waals surface area contributed by atoms with Gasteiger partial charge in [0.2, 0.25) is 15.9 Å². The van der Waals surface area contributed by atoms with E-state index in [0.717, 1.165) is 35.1 Å². The maximum atomic E-state index is 13.9. The number of rotatable bonds is 9. The predicted molar refractivity (Wildman–Crippen MR) is 157 cm³/mol. The van der Waals surface area contributed by atoms with Crippen LogP contribution in [0.15, 0.2) is 84.0 Å². The summed E-state index contributed by atoms with van der Waals surface area (Å²) in [5, 5.41) is 0. The number of carbonyl (C=O) groups excluding carboxylic acids is 1. The molecule has 0 unspecified atom stereocenters. The lowest BCUT2D eigenvalue weighted by Crippen LogP contribution is -2.34. The lowest BCUT2D eigenvalue weighted by atomic mass is 9.87. The molecule has 1 amide bonds. The summed E-state index contributed by atoms with van der Waals surface area (Å²) in [5.74, 6) is 0.0534. The minimum atomic E-state index is -3.74. The monoisotopic (exact) mass is 574 g/mol. The molecule has 3 aromatic carbocycles. The molecule has 214 valence electrons. The first-order valence-electron chi connectivity index (χ1n) is 13.8. The van der Waals surface area contributed by atoms with Crippen LogP contribution in [0.3, 0.4) is 0 Å². The third kappa shape index (κ3) is 6.57. The van der Waals surface area contributed by atoms with Gasteiger partial charge in [-0.25, -0.2) is 22.5 Å². The molecule has 1 aromatic heterocycles. The fourth-order valence-corrected chi connectivity index (χ4v) is 6.62. The van der Waals surface area contributed by atoms with Crippen molar-refractivity contribution in [3.63, 3.8) is 0 Å². The van der Waals surface area contributed by atoms with Crippen LogP contribution in [0.25, 0.3) is 0 Å². The highest BCUT2D eigenvalue weighted by molar-refractivity contribution is 7.89. The Kier molecular flexibility index (Phi) is 8.37. The number of hydrogen-bond acceptors (Lipinski definition) is 4. The number of nitrogens with one attached hydrogen (secondary N) is 1. The molecule has 0 bridgehead atoms. The second-order valence-electron chi connectivity index (χ2n) is 10.9. The number of hydrogen-bond donors (Lipinski definition) is 1. The Bertz CT molecular complexity index is 1650. The summed E-state index contributed by atoms with van der Waals surface area (Å²) in [6, 6.07) is 18.6. The van der Waals surface area contributed by atoms with Crippen LogP contribution in [0, 0.1) is 12.7 Å². The van der Waals surface area contributed by atoms with Crippen molar-refractivity contribution in [2.24, 2.45) is 7.05 Å². The maximum Gasteiger partial charge on any atom is 0.241 e. The topological polar surface area (TPSA) is 84.3 Å². The van der Waals surface area contributed by atoms with Gasteiger partial charge in [0.25, 0.3) is 0 Å². The summed E-state index contributed by atoms with van der Waals surface area (Å²) in [6.45, 7) is 4.07. The van der Waals surface area contributed by atoms with Crippen LogP contribution in [-0.2, 0) is 34.8 Å². The molecule has 41 heavy (non-hydrogen) atoms. The first kappa shape index (κ1) is 28.7. The van der Waals surface area contributed by atoms with Crippen LogP contribution >= 0.6 is 0 Å². The van der Waals surface area contributed by atoms with Gasteiger partial charge in [-0.2, -0.15) is 0 Å². The minimum Gasteiger partial charge on any atom is -0.337 e. The van der Waals surface area contributed by atoms with E-state index < -0.39 is 16.1 Å². The van der Waals surface area contributed by atoms with Crippen LogP contribution in [0.4, 0.5) is 10.1 Å². The molecule has 1 aliphatic carbocycles. The van der Waals surface area contributed by atoms with Crippen molar-refractivity contribution in [2.75, 3.05) is 4.90 Å². The zero-order valence-electron chi connectivity index (χ0n) is 23.5. The van der Waals surface area contributed by atoms with Crippen molar-refractivity contribution in [2.45, 2.75) is 62.9 Å². The smallest absolute Gasteiger partial charge is 0.241 e. The highest BCUT2D eigenvalue weighted by Gasteiger charge is 2.28. The molecular formula is C32H35FN4O3S. The Balaban J connectivity index is 1.46. The van der Waals surface area contributed by atoms with Crippen molar-refractivity contribution < 1.29 is 17.6 Å². The van der Waals surface area contributed by atoms with Crippen molar-refractivity contribution in [1.82, 2.24) is 14.3 Å². The molecule has 0 fully saturated rings. The SMILES string of the molecule is Cc1ccc(S(=O)(=O)N[C@@H]2CCCc3ccc(N(Cc4nccn4C)C(=O)C[C@@H](C)c4cccc(F)c4)cc32)cc1. The molecule has 0 aliphatic heterocycles. The van der Waals surface area contributed by atoms with E-state index in [9.17, 15) is 17.6 Å². The summed E-state index contributed by atoms with van der Waals surface area (Å²) in [6.07, 6.45) is 6.04. The molecule has 4 aromatic rings. The standard InChI is InChI=1S/C32H35FN4O3S/c1-22-10-14-28(15-11-22)41(39,40)35-30-9-5-6-24-12-13-27(20-29(24)30)37(21-31-34-16-17-36(31)3)32(38)18-23(2)25-7-4-8-26(33)19-25/h4,7-8,10-17,19-20,23,30,35H,5-6,9,18,21H2,1-3H3/t23-,30-/m1/s1. The summed E-state index contributed by atoms with van der Waals surface area (Å²) in [4.78, 5) is 20.2. The highest BCUT2D eigenvalue weighted by atomic mass is 32.2. The number of aryl methyl sites for hydroxylation is 3. The van der Waals surface area contributed by atoms with Crippen LogP contribution in [0.2, 0.25) is 0 Å². The average Bonchev–Trinajstić information content (AvgIpc) is 3.35. The number of carbonyl (C=O) groups is 1. The molecule has 1 aliphatic rings. The first-order chi connectivity index (χ1) is 19.6. The zero-order chi connectivity index (χ0) is 29.1. The second-order valence-corrected chi connectivity index (χ2v) is 12.6. The molecule has 2 atom stereocenters. The number of halogens is 1. The quantitative estimate of drug-likeness (QED) is 0.268. The van der Waals surface area contributed by atoms with E-state index in [1.54, 1.807) is 41.4 Å². The van der Waals surface area contributed by atoms with Crippen molar-refractivity contribution in [3.05, 3.63) is 113 Å². The van der Waals surface area contributed by atoms with E-state index in [-0.39, 0.29) is 35.5 Å². The van der Waals surface area contributed by atoms with Gasteiger partial charge in [-0.15, -0.1) is 0 Å². The highest BCUT2D eigenvalue weighted by Crippen LogP contribution is 2.35. The molecule has 1 heterocycles. The van der Waals surface area contributed by atoms with Gasteiger partial charge >= 0.3 is 0 Å². The van der Waals surface area contributed by atoms with Crippen LogP contribution in [0.5, 0.6) is 0 Å². The van der Waals surface area contributed by atoms with Crippen molar-refractivity contribution in [1.29, 1.82) is 0 Å². The molecular weight excluding hydrogens is 539 g/mol. The van der Waals surface area contributed by atoms with Crippen molar-refractivity contribution >= 4 is 21.6 Å². The van der Waals surface area contributed by atoms with Crippen LogP contribution in [0.1, 0.15) is 66.2 Å². The average molecular weight is 575 g/mol. The van der Waals surface area contributed by atoms with Gasteiger partial charge < -0.3 is 9.47 Å². The Morgan fingerprint density at radius 1 is 1.15 bits per heavy atom. The number of aromatic nitrogens is 2. The van der Waals surface area contributed by atoms with Gasteiger partial charge in [0.1, 0.15) is 11.6 Å². The van der Waals surface area contributed by atoms with Gasteiger partial charge in [-0.3, -0.25) is 4.79 Å². The third-order valence-corrected chi connectivity index (χ3v) is 9.29. The molecule has 0 saturated heterocycles. The Labute approximate surface area is 241 Å². The molecule has 9 heteroatoms. The molecule has 5 rings (SSSR count). The third-order valence-electron chi connectivity index (χ3n) is 7.80. The number of imidazole rings is 1. The number of nitrogens with zero attached hydrogens (tertiary/aromatic N) is 3. The number of amides is 1. The predicted octanol–water partition coefficient (Wildman–Crippen LogP) is 5.95. The lowest BCUT2D eigenvalue weighted by molar-refractivity contribution is -0.119. The van der Waals surface area contributed by atoms with Gasteiger partial charge in [0, 0.05) is 37.6 Å². The normalized spacial score (nSPS) is 15.8. The maximum absolute atomic E-state index is 13.9. The van der Waals surface area contributed by atoms with E-state index in [1.807, 2.05) is 55.9 Å². The fourth-order valence-electron chi connectivity index (χ4n) is 5.37. The summed E-state index contributed by atoms with van der Waals surface area (Å²) in [7, 11) is -1.86. The molecule has 0 radical (unpaired) electrons. The van der Waals surface area contributed by atoms with E-state index in [4.69, 9.17) is 0 Å². The van der Waals surface area contributed by atoms with Crippen LogP contribution in [-0.4, -0.2) is 23.9 Å². The van der Waals surface area contributed by atoms with E-state index in [0.29, 0.717) is 17.9 Å². The number of fused-ring (bicyclic) bond motifs is 1. The largest absolute Gasteiger partial charge is 0.337 e. The summed E-state index contributed by atoms with van der Waals surface area (Å²) >= 11 is 0. The van der Waals surface area contributed by atoms with Crippen LogP contribution < -0.4 is 9.62 Å².